The Morgan fingerprint density at radius 3 is 2.76 bits per heavy atom. The van der Waals surface area contributed by atoms with Gasteiger partial charge in [-0.25, -0.2) is 0 Å². The van der Waals surface area contributed by atoms with Gasteiger partial charge in [-0.1, -0.05) is 31.0 Å². The van der Waals surface area contributed by atoms with E-state index in [1.165, 1.54) is 0 Å². The molecule has 0 bridgehead atoms. The van der Waals surface area contributed by atoms with Crippen LogP contribution in [-0.2, 0) is 11.3 Å². The molecule has 21 heavy (non-hydrogen) atoms. The number of carbonyl (C=O) groups is 1. The van der Waals surface area contributed by atoms with Gasteiger partial charge in [-0.3, -0.25) is 4.79 Å². The standard InChI is InChI=1S/C17H23N3O/c1-2-20(12-14-8-4-3-7-13(14)11-18)17(21)15-9-5-6-10-16(15)19/h3-4,7-8,15-16H,2,5-6,9-10,12,19H2,1H3. The second-order valence-electron chi connectivity index (χ2n) is 5.68. The SMILES string of the molecule is CCN(Cc1ccccc1C#N)C(=O)C1CCCCC1N. The van der Waals surface area contributed by atoms with Crippen molar-refractivity contribution < 1.29 is 4.79 Å². The van der Waals surface area contributed by atoms with E-state index < -0.39 is 0 Å². The van der Waals surface area contributed by atoms with Crippen molar-refractivity contribution in [3.63, 3.8) is 0 Å². The van der Waals surface area contributed by atoms with Gasteiger partial charge in [0.1, 0.15) is 0 Å². The smallest absolute Gasteiger partial charge is 0.227 e. The molecule has 1 amide bonds. The van der Waals surface area contributed by atoms with E-state index in [-0.39, 0.29) is 17.9 Å². The van der Waals surface area contributed by atoms with Gasteiger partial charge >= 0.3 is 0 Å². The van der Waals surface area contributed by atoms with Gasteiger partial charge in [0.25, 0.3) is 0 Å². The summed E-state index contributed by atoms with van der Waals surface area (Å²) in [4.78, 5) is 14.5. The lowest BCUT2D eigenvalue weighted by Crippen LogP contribution is -2.45. The molecule has 4 heteroatoms. The lowest BCUT2D eigenvalue weighted by molar-refractivity contribution is -0.137. The van der Waals surface area contributed by atoms with Crippen LogP contribution in [0.2, 0.25) is 0 Å². The fourth-order valence-corrected chi connectivity index (χ4v) is 3.02. The predicted octanol–water partition coefficient (Wildman–Crippen LogP) is 2.42. The summed E-state index contributed by atoms with van der Waals surface area (Å²) < 4.78 is 0. The summed E-state index contributed by atoms with van der Waals surface area (Å²) in [5.41, 5.74) is 7.66. The van der Waals surface area contributed by atoms with Gasteiger partial charge in [0.2, 0.25) is 5.91 Å². The van der Waals surface area contributed by atoms with Crippen LogP contribution in [-0.4, -0.2) is 23.4 Å². The molecule has 1 fully saturated rings. The van der Waals surface area contributed by atoms with E-state index in [1.807, 2.05) is 30.0 Å². The number of hydrogen-bond donors (Lipinski definition) is 1. The van der Waals surface area contributed by atoms with Crippen LogP contribution in [0.3, 0.4) is 0 Å². The largest absolute Gasteiger partial charge is 0.338 e. The van der Waals surface area contributed by atoms with E-state index in [0.29, 0.717) is 18.7 Å². The molecule has 1 aromatic carbocycles. The molecular weight excluding hydrogens is 262 g/mol. The van der Waals surface area contributed by atoms with Gasteiger partial charge in [0, 0.05) is 19.1 Å². The molecule has 0 aromatic heterocycles. The lowest BCUT2D eigenvalue weighted by atomic mass is 9.84. The first-order chi connectivity index (χ1) is 10.2. The molecule has 0 radical (unpaired) electrons. The summed E-state index contributed by atoms with van der Waals surface area (Å²) in [5, 5.41) is 9.16. The molecule has 2 rings (SSSR count). The van der Waals surface area contributed by atoms with Crippen molar-refractivity contribution in [2.75, 3.05) is 6.54 Å². The van der Waals surface area contributed by atoms with E-state index in [9.17, 15) is 4.79 Å². The zero-order valence-corrected chi connectivity index (χ0v) is 12.6. The second kappa shape index (κ2) is 7.24. The average molecular weight is 285 g/mol. The number of hydrogen-bond acceptors (Lipinski definition) is 3. The summed E-state index contributed by atoms with van der Waals surface area (Å²) in [7, 11) is 0. The minimum atomic E-state index is -0.0621. The highest BCUT2D eigenvalue weighted by molar-refractivity contribution is 5.79. The summed E-state index contributed by atoms with van der Waals surface area (Å²) >= 11 is 0. The van der Waals surface area contributed by atoms with Gasteiger partial charge in [-0.05, 0) is 31.4 Å². The normalized spacial score (nSPS) is 21.6. The zero-order valence-electron chi connectivity index (χ0n) is 12.6. The third-order valence-electron chi connectivity index (χ3n) is 4.33. The van der Waals surface area contributed by atoms with Gasteiger partial charge < -0.3 is 10.6 Å². The number of nitrogens with zero attached hydrogens (tertiary/aromatic N) is 2. The van der Waals surface area contributed by atoms with Crippen LogP contribution in [0.25, 0.3) is 0 Å². The Kier molecular flexibility index (Phi) is 5.35. The summed E-state index contributed by atoms with van der Waals surface area (Å²) in [5.74, 6) is 0.0744. The van der Waals surface area contributed by atoms with Crippen molar-refractivity contribution in [2.45, 2.75) is 45.2 Å². The molecule has 1 saturated carbocycles. The van der Waals surface area contributed by atoms with E-state index in [2.05, 4.69) is 6.07 Å². The molecule has 1 aliphatic carbocycles. The Morgan fingerprint density at radius 2 is 2.10 bits per heavy atom. The van der Waals surface area contributed by atoms with Gasteiger partial charge in [0.15, 0.2) is 0 Å². The molecule has 1 aromatic rings. The maximum absolute atomic E-state index is 12.7. The molecule has 4 nitrogen and oxygen atoms in total. The fraction of sp³-hybridized carbons (Fsp3) is 0.529. The molecular formula is C17H23N3O. The summed E-state index contributed by atoms with van der Waals surface area (Å²) in [6.45, 7) is 3.10. The van der Waals surface area contributed by atoms with Crippen molar-refractivity contribution in [3.05, 3.63) is 35.4 Å². The molecule has 2 atom stereocenters. The Hall–Kier alpha value is -1.86. The number of nitrogens with two attached hydrogens (primary N) is 1. The molecule has 0 saturated heterocycles. The van der Waals surface area contributed by atoms with Crippen molar-refractivity contribution in [3.8, 4) is 6.07 Å². The first-order valence-corrected chi connectivity index (χ1v) is 7.69. The van der Waals surface area contributed by atoms with Crippen molar-refractivity contribution in [2.24, 2.45) is 11.7 Å². The van der Waals surface area contributed by atoms with Crippen molar-refractivity contribution in [1.29, 1.82) is 5.26 Å². The molecule has 0 heterocycles. The van der Waals surface area contributed by atoms with Crippen molar-refractivity contribution in [1.82, 2.24) is 4.90 Å². The zero-order chi connectivity index (χ0) is 15.2. The first kappa shape index (κ1) is 15.5. The Balaban J connectivity index is 2.12. The Morgan fingerprint density at radius 1 is 1.38 bits per heavy atom. The molecule has 112 valence electrons. The first-order valence-electron chi connectivity index (χ1n) is 7.69. The molecule has 2 N–H and O–H groups in total. The summed E-state index contributed by atoms with van der Waals surface area (Å²) in [6.07, 6.45) is 4.02. The van der Waals surface area contributed by atoms with E-state index in [0.717, 1.165) is 31.2 Å². The number of benzene rings is 1. The van der Waals surface area contributed by atoms with E-state index >= 15 is 0 Å². The number of nitriles is 1. The molecule has 0 aliphatic heterocycles. The van der Waals surface area contributed by atoms with Crippen LogP contribution >= 0.6 is 0 Å². The van der Waals surface area contributed by atoms with Crippen molar-refractivity contribution >= 4 is 5.91 Å². The fourth-order valence-electron chi connectivity index (χ4n) is 3.02. The average Bonchev–Trinajstić information content (AvgIpc) is 2.52. The molecule has 1 aliphatic rings. The quantitative estimate of drug-likeness (QED) is 0.923. The number of carbonyl (C=O) groups excluding carboxylic acids is 1. The monoisotopic (exact) mass is 285 g/mol. The predicted molar refractivity (Wildman–Crippen MR) is 82.2 cm³/mol. The topological polar surface area (TPSA) is 70.1 Å². The third-order valence-corrected chi connectivity index (χ3v) is 4.33. The van der Waals surface area contributed by atoms with Crippen LogP contribution in [0.4, 0.5) is 0 Å². The number of rotatable bonds is 4. The van der Waals surface area contributed by atoms with Crippen LogP contribution in [0, 0.1) is 17.2 Å². The van der Waals surface area contributed by atoms with Crippen LogP contribution in [0.1, 0.15) is 43.7 Å². The Bertz CT molecular complexity index is 535. The highest BCUT2D eigenvalue weighted by Gasteiger charge is 2.31. The molecule has 0 spiro atoms. The van der Waals surface area contributed by atoms with E-state index in [1.54, 1.807) is 6.07 Å². The third kappa shape index (κ3) is 3.62. The van der Waals surface area contributed by atoms with E-state index in [4.69, 9.17) is 11.0 Å². The van der Waals surface area contributed by atoms with Crippen LogP contribution in [0.5, 0.6) is 0 Å². The lowest BCUT2D eigenvalue weighted by Gasteiger charge is -2.32. The van der Waals surface area contributed by atoms with Gasteiger partial charge in [-0.2, -0.15) is 5.26 Å². The molecule has 2 unspecified atom stereocenters. The second-order valence-corrected chi connectivity index (χ2v) is 5.68. The maximum atomic E-state index is 12.7. The van der Waals surface area contributed by atoms with Crippen LogP contribution < -0.4 is 5.73 Å². The minimum Gasteiger partial charge on any atom is -0.338 e. The van der Waals surface area contributed by atoms with Crippen LogP contribution in [0.15, 0.2) is 24.3 Å². The highest BCUT2D eigenvalue weighted by atomic mass is 16.2. The maximum Gasteiger partial charge on any atom is 0.227 e. The van der Waals surface area contributed by atoms with Gasteiger partial charge in [0.05, 0.1) is 17.6 Å². The Labute approximate surface area is 126 Å². The van der Waals surface area contributed by atoms with Gasteiger partial charge in [-0.15, -0.1) is 0 Å². The minimum absolute atomic E-state index is 0.0217. The number of amides is 1. The summed E-state index contributed by atoms with van der Waals surface area (Å²) in [6, 6.07) is 9.62. The highest BCUT2D eigenvalue weighted by Crippen LogP contribution is 2.25.